The highest BCUT2D eigenvalue weighted by Gasteiger charge is 2.12. The molecule has 8 nitrogen and oxygen atoms in total. The zero-order chi connectivity index (χ0) is 18.4. The Morgan fingerprint density at radius 2 is 2.16 bits per heavy atom. The maximum absolute atomic E-state index is 10.8. The van der Waals surface area contributed by atoms with E-state index in [0.717, 1.165) is 24.4 Å². The Hall–Kier alpha value is -2.68. The molecule has 0 saturated heterocycles. The average Bonchev–Trinajstić information content (AvgIpc) is 2.89. The van der Waals surface area contributed by atoms with Crippen molar-refractivity contribution < 1.29 is 9.66 Å². The number of methoxy groups -OCH3 is 1. The lowest BCUT2D eigenvalue weighted by atomic mass is 10.2. The van der Waals surface area contributed by atoms with Crippen molar-refractivity contribution in [2.75, 3.05) is 19.0 Å². The number of nitrogens with zero attached hydrogens (tertiary/aromatic N) is 3. The second kappa shape index (κ2) is 8.43. The Balaban J connectivity index is 1.84. The predicted octanol–water partition coefficient (Wildman–Crippen LogP) is 2.79. The molecular weight excluding hydrogens is 342 g/mol. The highest BCUT2D eigenvalue weighted by Crippen LogP contribution is 2.28. The molecule has 0 amide bonds. The van der Waals surface area contributed by atoms with Gasteiger partial charge < -0.3 is 15.4 Å². The molecule has 0 aliphatic rings. The van der Waals surface area contributed by atoms with Gasteiger partial charge in [-0.1, -0.05) is 0 Å². The summed E-state index contributed by atoms with van der Waals surface area (Å²) in [6, 6.07) is 6.37. The monoisotopic (exact) mass is 363 g/mol. The maximum atomic E-state index is 10.8. The van der Waals surface area contributed by atoms with Gasteiger partial charge in [-0.3, -0.25) is 14.8 Å². The Morgan fingerprint density at radius 1 is 1.40 bits per heavy atom. The van der Waals surface area contributed by atoms with Gasteiger partial charge in [0.05, 0.1) is 29.5 Å². The first-order valence-electron chi connectivity index (χ1n) is 7.79. The highest BCUT2D eigenvalue weighted by atomic mass is 32.1. The molecular formula is C16H21N5O3S. The molecule has 0 spiro atoms. The minimum atomic E-state index is -0.470. The largest absolute Gasteiger partial charge is 0.494 e. The maximum Gasteiger partial charge on any atom is 0.273 e. The second-order valence-corrected chi connectivity index (χ2v) is 5.93. The van der Waals surface area contributed by atoms with Crippen LogP contribution in [0.25, 0.3) is 0 Å². The lowest BCUT2D eigenvalue weighted by Gasteiger charge is -2.13. The van der Waals surface area contributed by atoms with E-state index >= 15 is 0 Å². The van der Waals surface area contributed by atoms with Gasteiger partial charge in [-0.05, 0) is 44.6 Å². The third kappa shape index (κ3) is 5.15. The minimum Gasteiger partial charge on any atom is -0.494 e. The number of thiocarbonyl (C=S) groups is 1. The van der Waals surface area contributed by atoms with E-state index in [2.05, 4.69) is 15.7 Å². The van der Waals surface area contributed by atoms with Crippen LogP contribution in [0.1, 0.15) is 17.8 Å². The number of aromatic nitrogens is 2. The Labute approximate surface area is 151 Å². The van der Waals surface area contributed by atoms with Crippen LogP contribution in [0, 0.1) is 24.0 Å². The highest BCUT2D eigenvalue weighted by molar-refractivity contribution is 7.80. The number of ether oxygens (including phenoxy) is 1. The molecule has 134 valence electrons. The SMILES string of the molecule is COc1cc([N+](=O)[O-])ccc1NC(=S)NCCCn1nc(C)cc1C. The first-order valence-corrected chi connectivity index (χ1v) is 8.20. The van der Waals surface area contributed by atoms with Crippen LogP contribution >= 0.6 is 12.2 Å². The van der Waals surface area contributed by atoms with Crippen LogP contribution < -0.4 is 15.4 Å². The van der Waals surface area contributed by atoms with Crippen molar-refractivity contribution in [3.63, 3.8) is 0 Å². The van der Waals surface area contributed by atoms with Crippen LogP contribution in [0.2, 0.25) is 0 Å². The van der Waals surface area contributed by atoms with Gasteiger partial charge in [0.25, 0.3) is 5.69 Å². The van der Waals surface area contributed by atoms with Crippen molar-refractivity contribution in [1.29, 1.82) is 0 Å². The van der Waals surface area contributed by atoms with Crippen LogP contribution in [-0.4, -0.2) is 33.5 Å². The summed E-state index contributed by atoms with van der Waals surface area (Å²) < 4.78 is 7.14. The van der Waals surface area contributed by atoms with Gasteiger partial charge in [-0.2, -0.15) is 5.10 Å². The Morgan fingerprint density at radius 3 is 2.76 bits per heavy atom. The third-order valence-corrected chi connectivity index (χ3v) is 3.83. The molecule has 0 atom stereocenters. The smallest absolute Gasteiger partial charge is 0.273 e. The summed E-state index contributed by atoms with van der Waals surface area (Å²) >= 11 is 5.25. The second-order valence-electron chi connectivity index (χ2n) is 5.53. The topological polar surface area (TPSA) is 94.3 Å². The zero-order valence-electron chi connectivity index (χ0n) is 14.4. The van der Waals surface area contributed by atoms with Crippen molar-refractivity contribution in [3.8, 4) is 5.75 Å². The first kappa shape index (κ1) is 18.7. The van der Waals surface area contributed by atoms with Crippen LogP contribution in [0.4, 0.5) is 11.4 Å². The molecule has 1 aromatic carbocycles. The van der Waals surface area contributed by atoms with E-state index in [1.807, 2.05) is 24.6 Å². The summed E-state index contributed by atoms with van der Waals surface area (Å²) in [5.41, 5.74) is 2.68. The predicted molar refractivity (Wildman–Crippen MR) is 100 cm³/mol. The van der Waals surface area contributed by atoms with Gasteiger partial charge >= 0.3 is 0 Å². The zero-order valence-corrected chi connectivity index (χ0v) is 15.2. The van der Waals surface area contributed by atoms with Crippen LogP contribution in [0.3, 0.4) is 0 Å². The molecule has 0 bridgehead atoms. The Kier molecular flexibility index (Phi) is 6.29. The van der Waals surface area contributed by atoms with Crippen molar-refractivity contribution >= 4 is 28.7 Å². The lowest BCUT2D eigenvalue weighted by molar-refractivity contribution is -0.384. The number of nitrogens with one attached hydrogen (secondary N) is 2. The molecule has 0 aliphatic carbocycles. The summed E-state index contributed by atoms with van der Waals surface area (Å²) in [5.74, 6) is 0.362. The fourth-order valence-corrected chi connectivity index (χ4v) is 2.61. The van der Waals surface area contributed by atoms with E-state index in [0.29, 0.717) is 23.1 Å². The van der Waals surface area contributed by atoms with Crippen molar-refractivity contribution in [2.45, 2.75) is 26.8 Å². The molecule has 0 unspecified atom stereocenters. The number of aryl methyl sites for hydroxylation is 3. The molecule has 0 saturated carbocycles. The molecule has 0 fully saturated rings. The summed E-state index contributed by atoms with van der Waals surface area (Å²) in [4.78, 5) is 10.3. The molecule has 9 heteroatoms. The summed E-state index contributed by atoms with van der Waals surface area (Å²) in [7, 11) is 1.45. The molecule has 25 heavy (non-hydrogen) atoms. The van der Waals surface area contributed by atoms with Gasteiger partial charge in [0.1, 0.15) is 5.75 Å². The summed E-state index contributed by atoms with van der Waals surface area (Å²) in [5, 5.41) is 21.7. The molecule has 1 aromatic heterocycles. The molecule has 2 N–H and O–H groups in total. The number of nitro groups is 1. The van der Waals surface area contributed by atoms with Gasteiger partial charge in [0, 0.05) is 24.8 Å². The van der Waals surface area contributed by atoms with Crippen molar-refractivity contribution in [3.05, 3.63) is 45.8 Å². The van der Waals surface area contributed by atoms with E-state index in [-0.39, 0.29) is 5.69 Å². The molecule has 2 aromatic rings. The fourth-order valence-electron chi connectivity index (χ4n) is 2.40. The third-order valence-electron chi connectivity index (χ3n) is 3.58. The van der Waals surface area contributed by atoms with E-state index < -0.39 is 4.92 Å². The van der Waals surface area contributed by atoms with E-state index in [4.69, 9.17) is 17.0 Å². The molecule has 2 rings (SSSR count). The minimum absolute atomic E-state index is 0.0360. The molecule has 0 radical (unpaired) electrons. The van der Waals surface area contributed by atoms with Gasteiger partial charge in [-0.25, -0.2) is 0 Å². The quantitative estimate of drug-likeness (QED) is 0.338. The van der Waals surface area contributed by atoms with Crippen LogP contribution in [0.15, 0.2) is 24.3 Å². The number of nitro benzene ring substituents is 1. The van der Waals surface area contributed by atoms with Crippen LogP contribution in [0.5, 0.6) is 5.75 Å². The van der Waals surface area contributed by atoms with E-state index in [1.54, 1.807) is 6.07 Å². The van der Waals surface area contributed by atoms with Gasteiger partial charge in [-0.15, -0.1) is 0 Å². The van der Waals surface area contributed by atoms with Gasteiger partial charge in [0.15, 0.2) is 5.11 Å². The summed E-state index contributed by atoms with van der Waals surface area (Å²) in [6.07, 6.45) is 0.862. The fraction of sp³-hybridized carbons (Fsp3) is 0.375. The summed E-state index contributed by atoms with van der Waals surface area (Å²) in [6.45, 7) is 5.48. The number of hydrogen-bond acceptors (Lipinski definition) is 5. The van der Waals surface area contributed by atoms with E-state index in [1.165, 1.54) is 19.2 Å². The Bertz CT molecular complexity index is 775. The standard InChI is InChI=1S/C16H21N5O3S/c1-11-9-12(2)20(19-11)8-4-7-17-16(25)18-14-6-5-13(21(22)23)10-15(14)24-3/h5-6,9-10H,4,7-8H2,1-3H3,(H2,17,18,25). The van der Waals surface area contributed by atoms with Crippen molar-refractivity contribution in [1.82, 2.24) is 15.1 Å². The number of anilines is 1. The normalized spacial score (nSPS) is 10.4. The number of benzene rings is 1. The lowest BCUT2D eigenvalue weighted by Crippen LogP contribution is -2.30. The van der Waals surface area contributed by atoms with Gasteiger partial charge in [0.2, 0.25) is 0 Å². The number of hydrogen-bond donors (Lipinski definition) is 2. The number of non-ortho nitro benzene ring substituents is 1. The average molecular weight is 363 g/mol. The molecule has 1 heterocycles. The van der Waals surface area contributed by atoms with E-state index in [9.17, 15) is 10.1 Å². The van der Waals surface area contributed by atoms with Crippen molar-refractivity contribution in [2.24, 2.45) is 0 Å². The number of rotatable bonds is 7. The molecule has 0 aliphatic heterocycles. The first-order chi connectivity index (χ1) is 11.9. The van der Waals surface area contributed by atoms with Crippen LogP contribution in [-0.2, 0) is 6.54 Å².